The number of rotatable bonds is 4. The van der Waals surface area contributed by atoms with Gasteiger partial charge in [0.15, 0.2) is 0 Å². The molecule has 100 valence electrons. The van der Waals surface area contributed by atoms with Crippen molar-refractivity contribution in [3.63, 3.8) is 0 Å². The molecule has 4 heteroatoms. The van der Waals surface area contributed by atoms with E-state index in [-0.39, 0.29) is 11.1 Å². The Hall–Kier alpha value is -2.88. The third-order valence-corrected chi connectivity index (χ3v) is 2.72. The molecule has 0 amide bonds. The summed E-state index contributed by atoms with van der Waals surface area (Å²) in [7, 11) is 0. The van der Waals surface area contributed by atoms with E-state index in [2.05, 4.69) is 0 Å². The lowest BCUT2D eigenvalue weighted by Gasteiger charge is -2.01. The molecule has 0 heterocycles. The number of carbonyl (C=O) groups is 2. The van der Waals surface area contributed by atoms with Crippen LogP contribution in [0.3, 0.4) is 0 Å². The maximum absolute atomic E-state index is 11.0. The third-order valence-electron chi connectivity index (χ3n) is 2.72. The minimum Gasteiger partial charge on any atom is -0.478 e. The summed E-state index contributed by atoms with van der Waals surface area (Å²) in [4.78, 5) is 22.0. The molecule has 2 N–H and O–H groups in total. The first-order valence-corrected chi connectivity index (χ1v) is 5.91. The van der Waals surface area contributed by atoms with Crippen LogP contribution in [0.5, 0.6) is 0 Å². The highest BCUT2D eigenvalue weighted by molar-refractivity contribution is 5.95. The fourth-order valence-electron chi connectivity index (χ4n) is 1.75. The highest BCUT2D eigenvalue weighted by atomic mass is 16.4. The molecule has 4 nitrogen and oxygen atoms in total. The van der Waals surface area contributed by atoms with Crippen molar-refractivity contribution in [2.45, 2.75) is 0 Å². The second-order valence-corrected chi connectivity index (χ2v) is 4.20. The summed E-state index contributed by atoms with van der Waals surface area (Å²) in [5.41, 5.74) is 1.39. The predicted molar refractivity (Wildman–Crippen MR) is 75.7 cm³/mol. The molecular formula is C16H12O4. The highest BCUT2D eigenvalue weighted by Crippen LogP contribution is 2.14. The van der Waals surface area contributed by atoms with Gasteiger partial charge in [-0.05, 0) is 29.3 Å². The van der Waals surface area contributed by atoms with Crippen LogP contribution in [0.1, 0.15) is 31.8 Å². The maximum atomic E-state index is 11.0. The Labute approximate surface area is 115 Å². The summed E-state index contributed by atoms with van der Waals surface area (Å²) in [5, 5.41) is 18.0. The van der Waals surface area contributed by atoms with Crippen LogP contribution in [0.4, 0.5) is 0 Å². The van der Waals surface area contributed by atoms with Gasteiger partial charge in [-0.3, -0.25) is 0 Å². The number of aromatic carboxylic acids is 2. The van der Waals surface area contributed by atoms with Crippen LogP contribution in [-0.2, 0) is 0 Å². The van der Waals surface area contributed by atoms with E-state index in [1.54, 1.807) is 12.2 Å². The van der Waals surface area contributed by atoms with Crippen LogP contribution >= 0.6 is 0 Å². The standard InChI is InChI=1S/C16H12O4/c17-15(18)13-8-12(9-14(10-13)16(19)20)7-6-11-4-2-1-3-5-11/h1-10H,(H,17,18)(H,19,20)/b7-6-. The van der Waals surface area contributed by atoms with Gasteiger partial charge in [0.25, 0.3) is 0 Å². The van der Waals surface area contributed by atoms with E-state index in [4.69, 9.17) is 10.2 Å². The molecular weight excluding hydrogens is 256 g/mol. The number of hydrogen-bond donors (Lipinski definition) is 2. The summed E-state index contributed by atoms with van der Waals surface area (Å²) in [6, 6.07) is 13.5. The van der Waals surface area contributed by atoms with E-state index in [0.29, 0.717) is 5.56 Å². The smallest absolute Gasteiger partial charge is 0.335 e. The average molecular weight is 268 g/mol. The molecule has 0 fully saturated rings. The van der Waals surface area contributed by atoms with E-state index < -0.39 is 11.9 Å². The predicted octanol–water partition coefficient (Wildman–Crippen LogP) is 3.25. The molecule has 0 bridgehead atoms. The van der Waals surface area contributed by atoms with Crippen molar-refractivity contribution in [1.82, 2.24) is 0 Å². The zero-order valence-corrected chi connectivity index (χ0v) is 10.5. The molecule has 2 rings (SSSR count). The minimum absolute atomic E-state index is 0.0439. The first-order valence-electron chi connectivity index (χ1n) is 5.91. The molecule has 0 aromatic heterocycles. The Bertz CT molecular complexity index is 640. The summed E-state index contributed by atoms with van der Waals surface area (Å²) in [6.07, 6.45) is 3.49. The molecule has 0 atom stereocenters. The molecule has 20 heavy (non-hydrogen) atoms. The normalized spacial score (nSPS) is 10.6. The van der Waals surface area contributed by atoms with Crippen LogP contribution in [-0.4, -0.2) is 22.2 Å². The zero-order chi connectivity index (χ0) is 14.5. The molecule has 0 unspecified atom stereocenters. The van der Waals surface area contributed by atoms with Crippen LogP contribution in [0.2, 0.25) is 0 Å². The number of benzene rings is 2. The summed E-state index contributed by atoms with van der Waals surface area (Å²) in [5.74, 6) is -2.30. The van der Waals surface area contributed by atoms with Gasteiger partial charge < -0.3 is 10.2 Å². The van der Waals surface area contributed by atoms with Gasteiger partial charge in [-0.15, -0.1) is 0 Å². The third kappa shape index (κ3) is 3.32. The molecule has 0 saturated carbocycles. The lowest BCUT2D eigenvalue weighted by molar-refractivity contribution is 0.0696. The van der Waals surface area contributed by atoms with E-state index in [1.807, 2.05) is 30.3 Å². The van der Waals surface area contributed by atoms with Gasteiger partial charge in [-0.1, -0.05) is 42.5 Å². The number of carboxylic acid groups (broad SMARTS) is 2. The topological polar surface area (TPSA) is 74.6 Å². The molecule has 2 aromatic rings. The van der Waals surface area contributed by atoms with E-state index in [9.17, 15) is 9.59 Å². The molecule has 0 saturated heterocycles. The second kappa shape index (κ2) is 5.84. The van der Waals surface area contributed by atoms with Crippen LogP contribution < -0.4 is 0 Å². The summed E-state index contributed by atoms with van der Waals surface area (Å²) < 4.78 is 0. The van der Waals surface area contributed by atoms with Crippen molar-refractivity contribution >= 4 is 24.1 Å². The van der Waals surface area contributed by atoms with Crippen molar-refractivity contribution in [3.8, 4) is 0 Å². The van der Waals surface area contributed by atoms with Crippen molar-refractivity contribution in [3.05, 3.63) is 70.8 Å². The second-order valence-electron chi connectivity index (χ2n) is 4.20. The molecule has 0 aliphatic heterocycles. The van der Waals surface area contributed by atoms with E-state index in [1.165, 1.54) is 12.1 Å². The van der Waals surface area contributed by atoms with E-state index in [0.717, 1.165) is 11.6 Å². The Balaban J connectivity index is 2.38. The maximum Gasteiger partial charge on any atom is 0.335 e. The molecule has 0 radical (unpaired) electrons. The van der Waals surface area contributed by atoms with Gasteiger partial charge in [-0.2, -0.15) is 0 Å². The van der Waals surface area contributed by atoms with Gasteiger partial charge in [0.05, 0.1) is 11.1 Å². The first kappa shape index (κ1) is 13.5. The highest BCUT2D eigenvalue weighted by Gasteiger charge is 2.10. The summed E-state index contributed by atoms with van der Waals surface area (Å²) >= 11 is 0. The van der Waals surface area contributed by atoms with Gasteiger partial charge in [-0.25, -0.2) is 9.59 Å². The van der Waals surface area contributed by atoms with Gasteiger partial charge in [0, 0.05) is 0 Å². The van der Waals surface area contributed by atoms with Crippen LogP contribution in [0.15, 0.2) is 48.5 Å². The Morgan fingerprint density at radius 3 is 1.75 bits per heavy atom. The van der Waals surface area contributed by atoms with Crippen LogP contribution in [0.25, 0.3) is 12.2 Å². The largest absolute Gasteiger partial charge is 0.478 e. The lowest BCUT2D eigenvalue weighted by atomic mass is 10.0. The fourth-order valence-corrected chi connectivity index (χ4v) is 1.75. The average Bonchev–Trinajstić information content (AvgIpc) is 2.45. The van der Waals surface area contributed by atoms with E-state index >= 15 is 0 Å². The number of hydrogen-bond acceptors (Lipinski definition) is 2. The first-order chi connectivity index (χ1) is 9.56. The fraction of sp³-hybridized carbons (Fsp3) is 0. The Morgan fingerprint density at radius 1 is 0.750 bits per heavy atom. The zero-order valence-electron chi connectivity index (χ0n) is 10.5. The van der Waals surface area contributed by atoms with Crippen molar-refractivity contribution in [2.24, 2.45) is 0 Å². The van der Waals surface area contributed by atoms with Gasteiger partial charge in [0.1, 0.15) is 0 Å². The van der Waals surface area contributed by atoms with Crippen molar-refractivity contribution in [1.29, 1.82) is 0 Å². The number of carboxylic acids is 2. The molecule has 2 aromatic carbocycles. The monoisotopic (exact) mass is 268 g/mol. The van der Waals surface area contributed by atoms with Crippen molar-refractivity contribution < 1.29 is 19.8 Å². The van der Waals surface area contributed by atoms with Crippen molar-refractivity contribution in [2.75, 3.05) is 0 Å². The quantitative estimate of drug-likeness (QED) is 0.835. The van der Waals surface area contributed by atoms with Crippen LogP contribution in [0, 0.1) is 0 Å². The molecule has 0 aliphatic rings. The lowest BCUT2D eigenvalue weighted by Crippen LogP contribution is -2.02. The van der Waals surface area contributed by atoms with Gasteiger partial charge >= 0.3 is 11.9 Å². The minimum atomic E-state index is -1.15. The molecule has 0 aliphatic carbocycles. The van der Waals surface area contributed by atoms with Gasteiger partial charge in [0.2, 0.25) is 0 Å². The Morgan fingerprint density at radius 2 is 1.25 bits per heavy atom. The Kier molecular flexibility index (Phi) is 3.96. The molecule has 0 spiro atoms. The SMILES string of the molecule is O=C(O)c1cc(/C=C\c2ccccc2)cc(C(=O)O)c1. The summed E-state index contributed by atoms with van der Waals surface area (Å²) in [6.45, 7) is 0.